The first-order valence-electron chi connectivity index (χ1n) is 4.45. The Hall–Kier alpha value is -0.380. The molecule has 2 unspecified atom stereocenters. The molecule has 2 atom stereocenters. The average molecular weight is 169 g/mol. The highest BCUT2D eigenvalue weighted by molar-refractivity contribution is 4.83. The van der Waals surface area contributed by atoms with Crippen molar-refractivity contribution in [3.8, 4) is 0 Å². The molecule has 0 aliphatic carbocycles. The Morgan fingerprint density at radius 1 is 1.25 bits per heavy atom. The molecule has 2 aliphatic heterocycles. The van der Waals surface area contributed by atoms with Crippen LogP contribution in [0.4, 0.5) is 0 Å². The first-order chi connectivity index (χ1) is 5.88. The highest BCUT2D eigenvalue weighted by Gasteiger charge is 2.29. The van der Waals surface area contributed by atoms with Crippen LogP contribution in [0.1, 0.15) is 0 Å². The minimum atomic E-state index is 0.476. The van der Waals surface area contributed by atoms with Crippen LogP contribution in [-0.2, 0) is 9.47 Å². The van der Waals surface area contributed by atoms with Crippen LogP contribution < -0.4 is 0 Å². The van der Waals surface area contributed by atoms with Crippen LogP contribution in [0.3, 0.4) is 0 Å². The molecule has 2 saturated heterocycles. The molecule has 2 heterocycles. The van der Waals surface area contributed by atoms with Gasteiger partial charge in [-0.2, -0.15) is 0 Å². The largest absolute Gasteiger partial charge is 0.372 e. The van der Waals surface area contributed by atoms with Crippen LogP contribution in [-0.4, -0.2) is 50.0 Å². The molecule has 0 N–H and O–H groups in total. The van der Waals surface area contributed by atoms with E-state index in [1.54, 1.807) is 0 Å². The summed E-state index contributed by atoms with van der Waals surface area (Å²) in [5, 5.41) is 0. The molecule has 0 amide bonds. The Labute approximate surface area is 72.9 Å². The molecule has 12 heavy (non-hydrogen) atoms. The van der Waals surface area contributed by atoms with Gasteiger partial charge in [0.05, 0.1) is 25.4 Å². The fourth-order valence-electron chi connectivity index (χ4n) is 1.33. The van der Waals surface area contributed by atoms with Gasteiger partial charge in [0.25, 0.3) is 0 Å². The lowest BCUT2D eigenvalue weighted by atomic mass is 10.3. The molecule has 68 valence electrons. The Balaban J connectivity index is 1.69. The van der Waals surface area contributed by atoms with Crippen LogP contribution in [0.5, 0.6) is 0 Å². The van der Waals surface area contributed by atoms with Crippen LogP contribution in [0, 0.1) is 0 Å². The van der Waals surface area contributed by atoms with Gasteiger partial charge in [-0.1, -0.05) is 6.08 Å². The summed E-state index contributed by atoms with van der Waals surface area (Å²) in [6, 6.07) is 0. The molecule has 2 fully saturated rings. The molecule has 0 spiro atoms. The lowest BCUT2D eigenvalue weighted by molar-refractivity contribution is 0.237. The summed E-state index contributed by atoms with van der Waals surface area (Å²) in [6.07, 6.45) is 2.89. The molecule has 2 rings (SSSR count). The topological polar surface area (TPSA) is 28.3 Å². The molecule has 0 aromatic heterocycles. The Morgan fingerprint density at radius 2 is 1.75 bits per heavy atom. The maximum absolute atomic E-state index is 5.17. The molecule has 3 heteroatoms. The van der Waals surface area contributed by atoms with Gasteiger partial charge in [-0.3, -0.25) is 4.90 Å². The first-order valence-corrected chi connectivity index (χ1v) is 4.45. The lowest BCUT2D eigenvalue weighted by Crippen LogP contribution is -2.31. The second-order valence-corrected chi connectivity index (χ2v) is 3.42. The molecule has 0 aromatic carbocycles. The van der Waals surface area contributed by atoms with Crippen molar-refractivity contribution in [2.75, 3.05) is 32.8 Å². The van der Waals surface area contributed by atoms with Crippen molar-refractivity contribution in [3.63, 3.8) is 0 Å². The third kappa shape index (κ3) is 2.59. The van der Waals surface area contributed by atoms with Crippen molar-refractivity contribution in [1.82, 2.24) is 4.90 Å². The van der Waals surface area contributed by atoms with Gasteiger partial charge in [0.15, 0.2) is 0 Å². The molecule has 0 radical (unpaired) electrons. The number of rotatable bonds is 6. The standard InChI is InChI=1S/C9H15NO2/c1-2-3-10(4-8-6-11-8)5-9-7-12-9/h2,8-9H,1,3-7H2. The zero-order chi connectivity index (χ0) is 8.39. The van der Waals surface area contributed by atoms with E-state index in [1.165, 1.54) is 0 Å². The van der Waals surface area contributed by atoms with E-state index in [0.29, 0.717) is 12.2 Å². The van der Waals surface area contributed by atoms with Gasteiger partial charge >= 0.3 is 0 Å². The number of epoxide rings is 2. The summed E-state index contributed by atoms with van der Waals surface area (Å²) in [6.45, 7) is 8.60. The summed E-state index contributed by atoms with van der Waals surface area (Å²) in [7, 11) is 0. The van der Waals surface area contributed by atoms with E-state index in [1.807, 2.05) is 6.08 Å². The lowest BCUT2D eigenvalue weighted by Gasteiger charge is -2.17. The normalized spacial score (nSPS) is 32.1. The number of hydrogen-bond donors (Lipinski definition) is 0. The predicted molar refractivity (Wildman–Crippen MR) is 46.1 cm³/mol. The SMILES string of the molecule is C=CCN(CC1CO1)CC1CO1. The summed E-state index contributed by atoms with van der Waals surface area (Å²) in [5.41, 5.74) is 0. The van der Waals surface area contributed by atoms with Gasteiger partial charge in [0.1, 0.15) is 0 Å². The van der Waals surface area contributed by atoms with E-state index in [4.69, 9.17) is 9.47 Å². The Morgan fingerprint density at radius 3 is 2.08 bits per heavy atom. The van der Waals surface area contributed by atoms with Crippen molar-refractivity contribution >= 4 is 0 Å². The van der Waals surface area contributed by atoms with E-state index >= 15 is 0 Å². The van der Waals surface area contributed by atoms with Crippen LogP contribution in [0.25, 0.3) is 0 Å². The number of nitrogens with zero attached hydrogens (tertiary/aromatic N) is 1. The summed E-state index contributed by atoms with van der Waals surface area (Å²) >= 11 is 0. The fourth-order valence-corrected chi connectivity index (χ4v) is 1.33. The molecule has 0 aromatic rings. The molecule has 3 nitrogen and oxygen atoms in total. The zero-order valence-corrected chi connectivity index (χ0v) is 7.24. The summed E-state index contributed by atoms with van der Waals surface area (Å²) in [5.74, 6) is 0. The van der Waals surface area contributed by atoms with E-state index in [-0.39, 0.29) is 0 Å². The Kier molecular flexibility index (Phi) is 2.44. The molecule has 0 bridgehead atoms. The van der Waals surface area contributed by atoms with Crippen molar-refractivity contribution in [3.05, 3.63) is 12.7 Å². The van der Waals surface area contributed by atoms with Gasteiger partial charge in [-0.25, -0.2) is 0 Å². The minimum Gasteiger partial charge on any atom is -0.372 e. The average Bonchev–Trinajstić information content (AvgIpc) is 2.82. The van der Waals surface area contributed by atoms with E-state index in [2.05, 4.69) is 11.5 Å². The van der Waals surface area contributed by atoms with Gasteiger partial charge < -0.3 is 9.47 Å². The predicted octanol–water partition coefficient (Wildman–Crippen LogP) is 0.272. The highest BCUT2D eigenvalue weighted by Crippen LogP contribution is 2.15. The first kappa shape index (κ1) is 8.23. The number of hydrogen-bond acceptors (Lipinski definition) is 3. The van der Waals surface area contributed by atoms with Crippen LogP contribution in [0.15, 0.2) is 12.7 Å². The Bertz CT molecular complexity index is 150. The quantitative estimate of drug-likeness (QED) is 0.422. The molecule has 2 aliphatic rings. The second-order valence-electron chi connectivity index (χ2n) is 3.42. The van der Waals surface area contributed by atoms with E-state index in [9.17, 15) is 0 Å². The molecule has 0 saturated carbocycles. The van der Waals surface area contributed by atoms with Crippen molar-refractivity contribution in [1.29, 1.82) is 0 Å². The second kappa shape index (κ2) is 3.56. The van der Waals surface area contributed by atoms with Crippen molar-refractivity contribution in [2.45, 2.75) is 12.2 Å². The van der Waals surface area contributed by atoms with Crippen LogP contribution >= 0.6 is 0 Å². The smallest absolute Gasteiger partial charge is 0.0936 e. The summed E-state index contributed by atoms with van der Waals surface area (Å²) in [4.78, 5) is 2.34. The maximum Gasteiger partial charge on any atom is 0.0936 e. The summed E-state index contributed by atoms with van der Waals surface area (Å²) < 4.78 is 10.3. The maximum atomic E-state index is 5.17. The van der Waals surface area contributed by atoms with E-state index < -0.39 is 0 Å². The zero-order valence-electron chi connectivity index (χ0n) is 7.24. The van der Waals surface area contributed by atoms with Gasteiger partial charge in [-0.05, 0) is 0 Å². The molecular formula is C9H15NO2. The fraction of sp³-hybridized carbons (Fsp3) is 0.778. The third-order valence-corrected chi connectivity index (χ3v) is 2.12. The third-order valence-electron chi connectivity index (χ3n) is 2.12. The highest BCUT2D eigenvalue weighted by atomic mass is 16.6. The van der Waals surface area contributed by atoms with Crippen molar-refractivity contribution < 1.29 is 9.47 Å². The van der Waals surface area contributed by atoms with Gasteiger partial charge in [-0.15, -0.1) is 6.58 Å². The van der Waals surface area contributed by atoms with Gasteiger partial charge in [0.2, 0.25) is 0 Å². The van der Waals surface area contributed by atoms with Crippen molar-refractivity contribution in [2.24, 2.45) is 0 Å². The minimum absolute atomic E-state index is 0.476. The molecular weight excluding hydrogens is 154 g/mol. The van der Waals surface area contributed by atoms with Crippen LogP contribution in [0.2, 0.25) is 0 Å². The number of ether oxygens (including phenoxy) is 2. The monoisotopic (exact) mass is 169 g/mol. The van der Waals surface area contributed by atoms with E-state index in [0.717, 1.165) is 32.8 Å². The van der Waals surface area contributed by atoms with Gasteiger partial charge in [0, 0.05) is 19.6 Å².